The van der Waals surface area contributed by atoms with E-state index < -0.39 is 0 Å². The van der Waals surface area contributed by atoms with Crippen LogP contribution >= 0.6 is 11.6 Å². The third kappa shape index (κ3) is 3.07. The van der Waals surface area contributed by atoms with Gasteiger partial charge in [0.2, 0.25) is 0 Å². The van der Waals surface area contributed by atoms with Crippen molar-refractivity contribution in [2.45, 2.75) is 6.42 Å². The first-order chi connectivity index (χ1) is 6.77. The monoisotopic (exact) mass is 217 g/mol. The normalized spacial score (nSPS) is 9.93. The summed E-state index contributed by atoms with van der Waals surface area (Å²) in [6.45, 7) is 0.248. The Kier molecular flexibility index (Phi) is 4.53. The SMILES string of the molecule is COc1ccc(Cl)c(NCCCF)c1. The summed E-state index contributed by atoms with van der Waals surface area (Å²) in [6, 6.07) is 5.32. The fraction of sp³-hybridized carbons (Fsp3) is 0.400. The second-order valence-electron chi connectivity index (χ2n) is 2.82. The summed E-state index contributed by atoms with van der Waals surface area (Å²) in [5.41, 5.74) is 0.777. The Balaban J connectivity index is 2.64. The number of benzene rings is 1. The third-order valence-electron chi connectivity index (χ3n) is 1.80. The van der Waals surface area contributed by atoms with Crippen LogP contribution in [0.1, 0.15) is 6.42 Å². The molecule has 78 valence electrons. The first kappa shape index (κ1) is 11.1. The summed E-state index contributed by atoms with van der Waals surface area (Å²) in [6.07, 6.45) is 0.480. The standard InChI is InChI=1S/C10H13ClFNO/c1-14-8-3-4-9(11)10(7-8)13-6-2-5-12/h3-4,7,13H,2,5-6H2,1H3. The van der Waals surface area contributed by atoms with Gasteiger partial charge in [-0.3, -0.25) is 4.39 Å². The van der Waals surface area contributed by atoms with Gasteiger partial charge in [-0.25, -0.2) is 0 Å². The summed E-state index contributed by atoms with van der Waals surface area (Å²) in [5, 5.41) is 3.65. The van der Waals surface area contributed by atoms with Crippen molar-refractivity contribution < 1.29 is 9.13 Å². The lowest BCUT2D eigenvalue weighted by Gasteiger charge is -2.08. The molecule has 0 fully saturated rings. The van der Waals surface area contributed by atoms with E-state index >= 15 is 0 Å². The van der Waals surface area contributed by atoms with Gasteiger partial charge in [0.1, 0.15) is 5.75 Å². The number of alkyl halides is 1. The number of nitrogens with one attached hydrogen (secondary N) is 1. The van der Waals surface area contributed by atoms with Gasteiger partial charge in [-0.15, -0.1) is 0 Å². The summed E-state index contributed by atoms with van der Waals surface area (Å²) in [7, 11) is 1.59. The van der Waals surface area contributed by atoms with Crippen molar-refractivity contribution >= 4 is 17.3 Å². The first-order valence-corrected chi connectivity index (χ1v) is 4.79. The molecule has 1 aromatic rings. The van der Waals surface area contributed by atoms with Crippen molar-refractivity contribution in [2.75, 3.05) is 25.6 Å². The highest BCUT2D eigenvalue weighted by molar-refractivity contribution is 6.33. The van der Waals surface area contributed by atoms with Crippen LogP contribution in [0.2, 0.25) is 5.02 Å². The van der Waals surface area contributed by atoms with Gasteiger partial charge in [0.05, 0.1) is 24.5 Å². The predicted molar refractivity (Wildman–Crippen MR) is 57.1 cm³/mol. The molecule has 0 unspecified atom stereocenters. The second-order valence-corrected chi connectivity index (χ2v) is 3.22. The van der Waals surface area contributed by atoms with E-state index in [4.69, 9.17) is 16.3 Å². The zero-order valence-electron chi connectivity index (χ0n) is 8.02. The quantitative estimate of drug-likeness (QED) is 0.766. The molecule has 0 saturated heterocycles. The summed E-state index contributed by atoms with van der Waals surface area (Å²) in [5.74, 6) is 0.733. The van der Waals surface area contributed by atoms with E-state index in [0.29, 0.717) is 18.0 Å². The lowest BCUT2D eigenvalue weighted by atomic mass is 10.3. The van der Waals surface area contributed by atoms with E-state index in [1.54, 1.807) is 25.3 Å². The zero-order valence-corrected chi connectivity index (χ0v) is 8.77. The van der Waals surface area contributed by atoms with Gasteiger partial charge in [-0.2, -0.15) is 0 Å². The molecule has 0 bridgehead atoms. The average Bonchev–Trinajstić information content (AvgIpc) is 2.21. The minimum absolute atomic E-state index is 0.325. The molecule has 1 aromatic carbocycles. The molecule has 0 amide bonds. The Morgan fingerprint density at radius 2 is 2.29 bits per heavy atom. The van der Waals surface area contributed by atoms with E-state index in [9.17, 15) is 4.39 Å². The fourth-order valence-electron chi connectivity index (χ4n) is 1.06. The maximum Gasteiger partial charge on any atom is 0.121 e. The van der Waals surface area contributed by atoms with E-state index in [-0.39, 0.29) is 6.67 Å². The molecular weight excluding hydrogens is 205 g/mol. The molecular formula is C10H13ClFNO. The second kappa shape index (κ2) is 5.70. The van der Waals surface area contributed by atoms with Crippen LogP contribution in [0.25, 0.3) is 0 Å². The molecule has 0 saturated carbocycles. The van der Waals surface area contributed by atoms with Crippen molar-refractivity contribution in [3.63, 3.8) is 0 Å². The minimum Gasteiger partial charge on any atom is -0.497 e. The Morgan fingerprint density at radius 3 is 2.93 bits per heavy atom. The van der Waals surface area contributed by atoms with Crippen molar-refractivity contribution in [2.24, 2.45) is 0 Å². The van der Waals surface area contributed by atoms with E-state index in [1.165, 1.54) is 0 Å². The molecule has 0 radical (unpaired) electrons. The highest BCUT2D eigenvalue weighted by Gasteiger charge is 2.01. The Labute approximate surface area is 88.0 Å². The van der Waals surface area contributed by atoms with Gasteiger partial charge in [0.15, 0.2) is 0 Å². The number of methoxy groups -OCH3 is 1. The average molecular weight is 218 g/mol. The summed E-state index contributed by atoms with van der Waals surface area (Å²) in [4.78, 5) is 0. The number of hydrogen-bond donors (Lipinski definition) is 1. The molecule has 0 aliphatic carbocycles. The maximum absolute atomic E-state index is 11.8. The molecule has 0 aromatic heterocycles. The zero-order chi connectivity index (χ0) is 10.4. The molecule has 1 N–H and O–H groups in total. The topological polar surface area (TPSA) is 21.3 Å². The molecule has 1 rings (SSSR count). The van der Waals surface area contributed by atoms with Gasteiger partial charge in [0, 0.05) is 12.6 Å². The highest BCUT2D eigenvalue weighted by atomic mass is 35.5. The lowest BCUT2D eigenvalue weighted by Crippen LogP contribution is -2.02. The minimum atomic E-state index is -0.325. The summed E-state index contributed by atoms with van der Waals surface area (Å²) < 4.78 is 16.9. The molecule has 0 heterocycles. The number of anilines is 1. The van der Waals surface area contributed by atoms with Gasteiger partial charge in [-0.1, -0.05) is 11.6 Å². The Hall–Kier alpha value is -0.960. The fourth-order valence-corrected chi connectivity index (χ4v) is 1.24. The van der Waals surface area contributed by atoms with Crippen LogP contribution in [0.15, 0.2) is 18.2 Å². The van der Waals surface area contributed by atoms with Crippen LogP contribution in [0.5, 0.6) is 5.75 Å². The highest BCUT2D eigenvalue weighted by Crippen LogP contribution is 2.26. The molecule has 0 spiro atoms. The van der Waals surface area contributed by atoms with Crippen LogP contribution in [0.3, 0.4) is 0 Å². The van der Waals surface area contributed by atoms with Crippen molar-refractivity contribution in [1.82, 2.24) is 0 Å². The smallest absolute Gasteiger partial charge is 0.121 e. The molecule has 0 aliphatic heterocycles. The van der Waals surface area contributed by atoms with E-state index in [1.807, 2.05) is 0 Å². The van der Waals surface area contributed by atoms with Crippen LogP contribution in [0, 0.1) is 0 Å². The number of halogens is 2. The van der Waals surface area contributed by atoms with Gasteiger partial charge < -0.3 is 10.1 Å². The third-order valence-corrected chi connectivity index (χ3v) is 2.13. The summed E-state index contributed by atoms with van der Waals surface area (Å²) >= 11 is 5.92. The van der Waals surface area contributed by atoms with Gasteiger partial charge in [-0.05, 0) is 18.6 Å². The van der Waals surface area contributed by atoms with Gasteiger partial charge >= 0.3 is 0 Å². The number of rotatable bonds is 5. The lowest BCUT2D eigenvalue weighted by molar-refractivity contribution is 0.415. The van der Waals surface area contributed by atoms with Gasteiger partial charge in [0.25, 0.3) is 0 Å². The number of ether oxygens (including phenoxy) is 1. The van der Waals surface area contributed by atoms with E-state index in [2.05, 4.69) is 5.32 Å². The molecule has 14 heavy (non-hydrogen) atoms. The molecule has 0 atom stereocenters. The van der Waals surface area contributed by atoms with Crippen molar-refractivity contribution in [1.29, 1.82) is 0 Å². The Morgan fingerprint density at radius 1 is 1.50 bits per heavy atom. The molecule has 4 heteroatoms. The van der Waals surface area contributed by atoms with Crippen LogP contribution < -0.4 is 10.1 Å². The van der Waals surface area contributed by atoms with Crippen molar-refractivity contribution in [3.05, 3.63) is 23.2 Å². The van der Waals surface area contributed by atoms with E-state index in [0.717, 1.165) is 11.4 Å². The predicted octanol–water partition coefficient (Wildman–Crippen LogP) is 3.12. The van der Waals surface area contributed by atoms with Crippen LogP contribution in [0.4, 0.5) is 10.1 Å². The molecule has 0 aliphatic rings. The van der Waals surface area contributed by atoms with Crippen LogP contribution in [-0.2, 0) is 0 Å². The maximum atomic E-state index is 11.8. The Bertz CT molecular complexity index is 293. The van der Waals surface area contributed by atoms with Crippen LogP contribution in [-0.4, -0.2) is 20.3 Å². The van der Waals surface area contributed by atoms with Crippen molar-refractivity contribution in [3.8, 4) is 5.75 Å². The first-order valence-electron chi connectivity index (χ1n) is 4.41. The molecule has 2 nitrogen and oxygen atoms in total. The largest absolute Gasteiger partial charge is 0.497 e. The number of hydrogen-bond acceptors (Lipinski definition) is 2.